The maximum atomic E-state index is 13.3. The van der Waals surface area contributed by atoms with Gasteiger partial charge in [-0.3, -0.25) is 9.59 Å². The molecule has 3 atom stereocenters. The second kappa shape index (κ2) is 10.2. The molecule has 2 rings (SSSR count). The van der Waals surface area contributed by atoms with Crippen LogP contribution in [0.5, 0.6) is 11.5 Å². The topological polar surface area (TPSA) is 85.7 Å². The molecule has 0 aliphatic carbocycles. The predicted molar refractivity (Wildman–Crippen MR) is 110 cm³/mol. The van der Waals surface area contributed by atoms with Crippen molar-refractivity contribution >= 4 is 11.8 Å². The van der Waals surface area contributed by atoms with Crippen molar-refractivity contribution in [2.45, 2.75) is 46.1 Å². The summed E-state index contributed by atoms with van der Waals surface area (Å²) in [6.45, 7) is 7.38. The van der Waals surface area contributed by atoms with Crippen LogP contribution in [0.4, 0.5) is 4.39 Å². The summed E-state index contributed by atoms with van der Waals surface area (Å²) >= 11 is 0. The molecule has 2 aromatic rings. The number of esters is 1. The molecule has 1 heterocycles. The van der Waals surface area contributed by atoms with E-state index in [4.69, 9.17) is 9.47 Å². The Hall–Kier alpha value is -2.96. The lowest BCUT2D eigenvalue weighted by Crippen LogP contribution is -2.29. The van der Waals surface area contributed by atoms with Crippen molar-refractivity contribution in [1.82, 2.24) is 4.98 Å². The van der Waals surface area contributed by atoms with Gasteiger partial charge >= 0.3 is 5.97 Å². The summed E-state index contributed by atoms with van der Waals surface area (Å²) in [7, 11) is 1.37. The monoisotopic (exact) mass is 417 g/mol. The Labute approximate surface area is 176 Å². The number of benzene rings is 1. The molecule has 2 unspecified atom stereocenters. The first-order valence-corrected chi connectivity index (χ1v) is 9.86. The van der Waals surface area contributed by atoms with Gasteiger partial charge in [0.15, 0.2) is 23.0 Å². The Balaban J connectivity index is 2.06. The van der Waals surface area contributed by atoms with Gasteiger partial charge < -0.3 is 14.6 Å². The van der Waals surface area contributed by atoms with Gasteiger partial charge in [-0.15, -0.1) is 0 Å². The number of methoxy groups -OCH3 is 1. The molecule has 0 radical (unpaired) electrons. The van der Waals surface area contributed by atoms with Crippen molar-refractivity contribution in [1.29, 1.82) is 0 Å². The summed E-state index contributed by atoms with van der Waals surface area (Å²) in [5, 5.41) is 10.1. The molecule has 0 fully saturated rings. The third-order valence-corrected chi connectivity index (χ3v) is 5.05. The van der Waals surface area contributed by atoms with E-state index in [2.05, 4.69) is 4.98 Å². The summed E-state index contributed by atoms with van der Waals surface area (Å²) in [6.07, 6.45) is 0.721. The molecule has 7 heteroatoms. The van der Waals surface area contributed by atoms with E-state index in [1.165, 1.54) is 31.5 Å². The first-order chi connectivity index (χ1) is 14.1. The number of carbonyl (C=O) groups is 2. The van der Waals surface area contributed by atoms with E-state index in [0.717, 1.165) is 5.56 Å². The van der Waals surface area contributed by atoms with E-state index in [0.29, 0.717) is 0 Å². The van der Waals surface area contributed by atoms with Crippen molar-refractivity contribution in [3.05, 3.63) is 53.6 Å². The molecule has 0 saturated carbocycles. The first-order valence-electron chi connectivity index (χ1n) is 9.86. The molecule has 162 valence electrons. The van der Waals surface area contributed by atoms with Gasteiger partial charge in [-0.1, -0.05) is 32.9 Å². The van der Waals surface area contributed by atoms with Crippen LogP contribution >= 0.6 is 0 Å². The van der Waals surface area contributed by atoms with E-state index < -0.39 is 23.8 Å². The maximum absolute atomic E-state index is 13.3. The zero-order chi connectivity index (χ0) is 22.4. The van der Waals surface area contributed by atoms with Crippen LogP contribution < -0.4 is 4.74 Å². The molecule has 30 heavy (non-hydrogen) atoms. The molecule has 0 aliphatic rings. The molecular formula is C23H28FNO5. The van der Waals surface area contributed by atoms with Gasteiger partial charge in [0.05, 0.1) is 13.0 Å². The number of ether oxygens (including phenoxy) is 2. The van der Waals surface area contributed by atoms with E-state index >= 15 is 0 Å². The fourth-order valence-corrected chi connectivity index (χ4v) is 3.52. The fraction of sp³-hybridized carbons (Fsp3) is 0.435. The Morgan fingerprint density at radius 1 is 1.10 bits per heavy atom. The van der Waals surface area contributed by atoms with Crippen molar-refractivity contribution < 1.29 is 28.6 Å². The molecular weight excluding hydrogens is 389 g/mol. The largest absolute Gasteiger partial charge is 0.503 e. The number of hydrogen-bond acceptors (Lipinski definition) is 6. The molecule has 0 saturated heterocycles. The summed E-state index contributed by atoms with van der Waals surface area (Å²) in [5.41, 5.74) is 0.731. The Kier molecular flexibility index (Phi) is 7.92. The number of aromatic hydroxyl groups is 1. The minimum atomic E-state index is -0.728. The van der Waals surface area contributed by atoms with Crippen molar-refractivity contribution in [3.8, 4) is 11.5 Å². The lowest BCUT2D eigenvalue weighted by molar-refractivity contribution is -0.154. The average Bonchev–Trinajstić information content (AvgIpc) is 2.69. The van der Waals surface area contributed by atoms with Crippen molar-refractivity contribution in [2.24, 2.45) is 11.8 Å². The van der Waals surface area contributed by atoms with Crippen LogP contribution in [0.1, 0.15) is 56.1 Å². The van der Waals surface area contributed by atoms with Gasteiger partial charge in [-0.05, 0) is 30.5 Å². The molecule has 0 bridgehead atoms. The number of pyridine rings is 1. The van der Waals surface area contributed by atoms with Crippen molar-refractivity contribution in [2.75, 3.05) is 7.11 Å². The van der Waals surface area contributed by atoms with Crippen molar-refractivity contribution in [3.63, 3.8) is 0 Å². The van der Waals surface area contributed by atoms with Crippen LogP contribution in [-0.4, -0.2) is 35.1 Å². The molecule has 1 N–H and O–H groups in total. The number of rotatable bonds is 9. The van der Waals surface area contributed by atoms with Gasteiger partial charge in [0, 0.05) is 24.6 Å². The van der Waals surface area contributed by atoms with Crippen LogP contribution in [0.2, 0.25) is 0 Å². The Morgan fingerprint density at radius 2 is 1.73 bits per heavy atom. The molecule has 6 nitrogen and oxygen atoms in total. The first kappa shape index (κ1) is 23.3. The number of hydrogen-bond donors (Lipinski definition) is 1. The lowest BCUT2D eigenvalue weighted by atomic mass is 9.84. The highest BCUT2D eigenvalue weighted by Crippen LogP contribution is 2.31. The van der Waals surface area contributed by atoms with Crippen LogP contribution in [-0.2, 0) is 9.53 Å². The lowest BCUT2D eigenvalue weighted by Gasteiger charge is -2.28. The average molecular weight is 417 g/mol. The summed E-state index contributed by atoms with van der Waals surface area (Å²) in [6, 6.07) is 7.58. The maximum Gasteiger partial charge on any atom is 0.309 e. The van der Waals surface area contributed by atoms with Crippen LogP contribution in [0, 0.1) is 17.7 Å². The molecule has 1 aromatic carbocycles. The summed E-state index contributed by atoms with van der Waals surface area (Å²) in [4.78, 5) is 29.0. The second-order valence-electron chi connectivity index (χ2n) is 7.70. The zero-order valence-corrected chi connectivity index (χ0v) is 17.9. The second-order valence-corrected chi connectivity index (χ2v) is 7.70. The number of aromatic nitrogens is 1. The number of carbonyl (C=O) groups excluding carboxylic acids is 2. The predicted octanol–water partition coefficient (Wildman–Crippen LogP) is 4.52. The van der Waals surface area contributed by atoms with E-state index in [-0.39, 0.29) is 41.3 Å². The number of Topliss-reactive ketones (excluding diaryl/α,β-unsaturated/α-hetero) is 1. The van der Waals surface area contributed by atoms with E-state index in [1.807, 2.05) is 13.8 Å². The number of halogens is 1. The zero-order valence-electron chi connectivity index (χ0n) is 17.9. The number of nitrogens with zero attached hydrogens (tertiary/aromatic N) is 1. The minimum absolute atomic E-state index is 0.124. The Bertz CT molecular complexity index is 882. The minimum Gasteiger partial charge on any atom is -0.503 e. The van der Waals surface area contributed by atoms with Crippen LogP contribution in [0.3, 0.4) is 0 Å². The van der Waals surface area contributed by atoms with E-state index in [9.17, 15) is 19.1 Å². The van der Waals surface area contributed by atoms with Crippen LogP contribution in [0.25, 0.3) is 0 Å². The summed E-state index contributed by atoms with van der Waals surface area (Å²) in [5.74, 6) is -2.25. The highest BCUT2D eigenvalue weighted by atomic mass is 19.1. The third kappa shape index (κ3) is 5.55. The quantitative estimate of drug-likeness (QED) is 0.477. The van der Waals surface area contributed by atoms with Gasteiger partial charge in [0.1, 0.15) is 11.9 Å². The molecule has 0 amide bonds. The highest BCUT2D eigenvalue weighted by molar-refractivity contribution is 5.99. The number of ketones is 1. The summed E-state index contributed by atoms with van der Waals surface area (Å²) < 4.78 is 23.9. The smallest absolute Gasteiger partial charge is 0.309 e. The van der Waals surface area contributed by atoms with Crippen LogP contribution in [0.15, 0.2) is 36.5 Å². The SMILES string of the molecule is COc1ccnc(C(=O)C[C@@H](C)C(=O)OC(C)C(c2ccc(F)cc2)C(C)C)c1O. The molecule has 1 aromatic heterocycles. The molecule has 0 spiro atoms. The van der Waals surface area contributed by atoms with E-state index in [1.54, 1.807) is 26.0 Å². The fourth-order valence-electron chi connectivity index (χ4n) is 3.52. The van der Waals surface area contributed by atoms with Gasteiger partial charge in [0.25, 0.3) is 0 Å². The van der Waals surface area contributed by atoms with Gasteiger partial charge in [-0.2, -0.15) is 0 Å². The van der Waals surface area contributed by atoms with Gasteiger partial charge in [-0.25, -0.2) is 9.37 Å². The van der Waals surface area contributed by atoms with Gasteiger partial charge in [0.2, 0.25) is 0 Å². The third-order valence-electron chi connectivity index (χ3n) is 5.05. The Morgan fingerprint density at radius 3 is 2.30 bits per heavy atom. The standard InChI is InChI=1S/C23H28FNO5/c1-13(2)20(16-6-8-17(24)9-7-16)15(4)30-23(28)14(3)12-18(26)21-22(27)19(29-5)10-11-25-21/h6-11,13-15,20,27H,12H2,1-5H3/t14-,15?,20?/m1/s1. The highest BCUT2D eigenvalue weighted by Gasteiger charge is 2.29. The normalized spacial score (nSPS) is 14.1. The molecule has 0 aliphatic heterocycles.